The third-order valence-electron chi connectivity index (χ3n) is 3.56. The summed E-state index contributed by atoms with van der Waals surface area (Å²) in [5.41, 5.74) is -2.72. The van der Waals surface area contributed by atoms with Crippen LogP contribution in [0.25, 0.3) is 0 Å². The summed E-state index contributed by atoms with van der Waals surface area (Å²) in [6.45, 7) is 0. The fourth-order valence-corrected chi connectivity index (χ4v) is 2.52. The second kappa shape index (κ2) is 5.35. The monoisotopic (exact) mass is 310 g/mol. The van der Waals surface area contributed by atoms with Crippen LogP contribution in [-0.4, -0.2) is 5.78 Å². The van der Waals surface area contributed by atoms with Crippen LogP contribution in [0.3, 0.4) is 0 Å². The van der Waals surface area contributed by atoms with Crippen molar-refractivity contribution in [1.82, 2.24) is 0 Å². The van der Waals surface area contributed by atoms with Gasteiger partial charge in [0.15, 0.2) is 0 Å². The van der Waals surface area contributed by atoms with Gasteiger partial charge >= 0.3 is 12.4 Å². The van der Waals surface area contributed by atoms with E-state index in [1.54, 1.807) is 0 Å². The zero-order valence-corrected chi connectivity index (χ0v) is 10.8. The van der Waals surface area contributed by atoms with E-state index >= 15 is 0 Å². The van der Waals surface area contributed by atoms with Gasteiger partial charge in [0.1, 0.15) is 5.78 Å². The maximum absolute atomic E-state index is 12.7. The summed E-state index contributed by atoms with van der Waals surface area (Å²) in [6, 6.07) is 1.55. The number of carbonyl (C=O) groups excluding carboxylic acids is 1. The van der Waals surface area contributed by atoms with Crippen LogP contribution in [0.1, 0.15) is 48.3 Å². The van der Waals surface area contributed by atoms with Crippen LogP contribution in [0.5, 0.6) is 0 Å². The van der Waals surface area contributed by atoms with Gasteiger partial charge in [-0.15, -0.1) is 0 Å². The Kier molecular flexibility index (Phi) is 4.04. The molecule has 1 aromatic carbocycles. The Morgan fingerprint density at radius 3 is 1.86 bits per heavy atom. The van der Waals surface area contributed by atoms with E-state index in [4.69, 9.17) is 0 Å². The molecule has 0 saturated heterocycles. The first kappa shape index (κ1) is 15.9. The molecule has 1 saturated carbocycles. The van der Waals surface area contributed by atoms with Gasteiger partial charge in [-0.1, -0.05) is 0 Å². The average Bonchev–Trinajstić information content (AvgIpc) is 2.36. The lowest BCUT2D eigenvalue weighted by Gasteiger charge is -2.23. The van der Waals surface area contributed by atoms with Gasteiger partial charge < -0.3 is 0 Å². The van der Waals surface area contributed by atoms with Gasteiger partial charge in [0, 0.05) is 12.8 Å². The van der Waals surface area contributed by atoms with Crippen molar-refractivity contribution in [2.24, 2.45) is 0 Å². The molecule has 7 heteroatoms. The lowest BCUT2D eigenvalue weighted by atomic mass is 9.82. The molecule has 1 aromatic rings. The molecule has 0 radical (unpaired) electrons. The first-order chi connectivity index (χ1) is 9.57. The molecule has 0 bridgehead atoms. The molecule has 1 nitrogen and oxygen atoms in total. The van der Waals surface area contributed by atoms with Gasteiger partial charge in [0.05, 0.1) is 11.1 Å². The van der Waals surface area contributed by atoms with Crippen LogP contribution in [0.4, 0.5) is 26.3 Å². The molecule has 116 valence electrons. The highest BCUT2D eigenvalue weighted by atomic mass is 19.4. The summed E-state index contributed by atoms with van der Waals surface area (Å²) in [6.07, 6.45) is -8.46. The Morgan fingerprint density at radius 1 is 0.905 bits per heavy atom. The average molecular weight is 310 g/mol. The molecular formula is C14H12F6O. The van der Waals surface area contributed by atoms with Crippen LogP contribution in [0, 0.1) is 0 Å². The summed E-state index contributed by atoms with van der Waals surface area (Å²) in [7, 11) is 0. The number of halogens is 6. The molecule has 1 fully saturated rings. The van der Waals surface area contributed by atoms with E-state index in [0.717, 1.165) is 12.1 Å². The van der Waals surface area contributed by atoms with Crippen LogP contribution < -0.4 is 0 Å². The topological polar surface area (TPSA) is 17.1 Å². The van der Waals surface area contributed by atoms with Crippen molar-refractivity contribution in [2.45, 2.75) is 44.0 Å². The normalized spacial score (nSPS) is 20.7. The van der Waals surface area contributed by atoms with Crippen molar-refractivity contribution in [1.29, 1.82) is 0 Å². The predicted molar refractivity (Wildman–Crippen MR) is 62.7 cm³/mol. The first-order valence-electron chi connectivity index (χ1n) is 6.38. The van der Waals surface area contributed by atoms with Crippen LogP contribution in [-0.2, 0) is 17.1 Å². The molecule has 1 aliphatic rings. The molecule has 0 heterocycles. The molecule has 0 unspecified atom stereocenters. The number of carbonyl (C=O) groups is 1. The molecule has 0 spiro atoms. The van der Waals surface area contributed by atoms with Crippen LogP contribution in [0.15, 0.2) is 18.2 Å². The maximum atomic E-state index is 12.7. The van der Waals surface area contributed by atoms with Crippen molar-refractivity contribution in [3.63, 3.8) is 0 Å². The predicted octanol–water partition coefficient (Wildman–Crippen LogP) is 4.95. The minimum absolute atomic E-state index is 0.00138. The van der Waals surface area contributed by atoms with Gasteiger partial charge in [0.2, 0.25) is 0 Å². The summed E-state index contributed by atoms with van der Waals surface area (Å²) in [5.74, 6) is -0.702. The number of ketones is 1. The standard InChI is InChI=1S/C14H12F6O/c15-13(16,17)10-4-9(5-11(7-10)14(18,19)20)8-2-1-3-12(21)6-8/h4-5,7-8H,1-3,6H2/t8-/m1/s1. The zero-order chi connectivity index (χ0) is 15.8. The summed E-state index contributed by atoms with van der Waals surface area (Å²) in [4.78, 5) is 11.4. The molecule has 0 amide bonds. The number of hydrogen-bond acceptors (Lipinski definition) is 1. The smallest absolute Gasteiger partial charge is 0.300 e. The Morgan fingerprint density at radius 2 is 1.43 bits per heavy atom. The number of rotatable bonds is 1. The highest BCUT2D eigenvalue weighted by Crippen LogP contribution is 2.40. The third kappa shape index (κ3) is 3.77. The van der Waals surface area contributed by atoms with Crippen molar-refractivity contribution in [3.05, 3.63) is 34.9 Å². The van der Waals surface area contributed by atoms with Gasteiger partial charge in [0.25, 0.3) is 0 Å². The molecule has 2 rings (SSSR count). The Labute approximate surface area is 116 Å². The first-order valence-corrected chi connectivity index (χ1v) is 6.38. The fourth-order valence-electron chi connectivity index (χ4n) is 2.52. The van der Waals surface area contributed by atoms with Crippen LogP contribution >= 0.6 is 0 Å². The van der Waals surface area contributed by atoms with Gasteiger partial charge in [-0.2, -0.15) is 26.3 Å². The van der Waals surface area contributed by atoms with Crippen molar-refractivity contribution < 1.29 is 31.1 Å². The van der Waals surface area contributed by atoms with Crippen molar-refractivity contribution in [3.8, 4) is 0 Å². The molecule has 0 aromatic heterocycles. The lowest BCUT2D eigenvalue weighted by Crippen LogP contribution is -2.17. The van der Waals surface area contributed by atoms with E-state index in [9.17, 15) is 31.1 Å². The summed E-state index contributed by atoms with van der Waals surface area (Å²) < 4.78 is 76.5. The third-order valence-corrected chi connectivity index (χ3v) is 3.56. The Balaban J connectivity index is 2.47. The largest absolute Gasteiger partial charge is 0.416 e. The number of benzene rings is 1. The molecular weight excluding hydrogens is 298 g/mol. The lowest BCUT2D eigenvalue weighted by molar-refractivity contribution is -0.143. The SMILES string of the molecule is O=C1CCC[C@@H](c2cc(C(F)(F)F)cc(C(F)(F)F)c2)C1. The molecule has 21 heavy (non-hydrogen) atoms. The second-order valence-corrected chi connectivity index (χ2v) is 5.17. The van der Waals surface area contributed by atoms with Crippen molar-refractivity contribution >= 4 is 5.78 Å². The number of hydrogen-bond donors (Lipinski definition) is 0. The molecule has 1 atom stereocenters. The van der Waals surface area contributed by atoms with E-state index in [1.165, 1.54) is 0 Å². The Bertz CT molecular complexity index is 511. The van der Waals surface area contributed by atoms with Gasteiger partial charge in [-0.25, -0.2) is 0 Å². The molecule has 0 aliphatic heterocycles. The van der Waals surface area contributed by atoms with E-state index < -0.39 is 29.4 Å². The van der Waals surface area contributed by atoms with E-state index in [-0.39, 0.29) is 23.8 Å². The zero-order valence-electron chi connectivity index (χ0n) is 10.8. The fraction of sp³-hybridized carbons (Fsp3) is 0.500. The van der Waals surface area contributed by atoms with E-state index in [1.807, 2.05) is 0 Å². The Hall–Kier alpha value is -1.53. The van der Waals surface area contributed by atoms with Gasteiger partial charge in [-0.05, 0) is 42.5 Å². The highest BCUT2D eigenvalue weighted by Gasteiger charge is 2.37. The summed E-state index contributed by atoms with van der Waals surface area (Å²) in [5, 5.41) is 0. The minimum atomic E-state index is -4.85. The number of alkyl halides is 6. The van der Waals surface area contributed by atoms with E-state index in [2.05, 4.69) is 0 Å². The minimum Gasteiger partial charge on any atom is -0.300 e. The van der Waals surface area contributed by atoms with Crippen molar-refractivity contribution in [2.75, 3.05) is 0 Å². The quantitative estimate of drug-likeness (QED) is 0.671. The number of Topliss-reactive ketones (excluding diaryl/α,β-unsaturated/α-hetero) is 1. The van der Waals surface area contributed by atoms with Gasteiger partial charge in [-0.3, -0.25) is 4.79 Å². The summed E-state index contributed by atoms with van der Waals surface area (Å²) >= 11 is 0. The molecule has 0 N–H and O–H groups in total. The maximum Gasteiger partial charge on any atom is 0.416 e. The van der Waals surface area contributed by atoms with Crippen LogP contribution in [0.2, 0.25) is 0 Å². The molecule has 1 aliphatic carbocycles. The second-order valence-electron chi connectivity index (χ2n) is 5.17. The highest BCUT2D eigenvalue weighted by molar-refractivity contribution is 5.80. The van der Waals surface area contributed by atoms with E-state index in [0.29, 0.717) is 19.3 Å².